The number of fused-ring (bicyclic) bond motifs is 1. The number of anilines is 1. The van der Waals surface area contributed by atoms with Gasteiger partial charge in [-0.2, -0.15) is 0 Å². The molecule has 0 saturated heterocycles. The molecule has 3 aromatic heterocycles. The van der Waals surface area contributed by atoms with E-state index in [1.165, 1.54) is 6.42 Å². The van der Waals surface area contributed by atoms with Crippen molar-refractivity contribution in [3.63, 3.8) is 0 Å². The van der Waals surface area contributed by atoms with Crippen molar-refractivity contribution >= 4 is 17.5 Å². The summed E-state index contributed by atoms with van der Waals surface area (Å²) in [6.07, 6.45) is 9.03. The summed E-state index contributed by atoms with van der Waals surface area (Å²) in [5.74, 6) is 0.476. The predicted molar refractivity (Wildman–Crippen MR) is 96.2 cm³/mol. The number of carbonyl (C=O) groups is 1. The lowest BCUT2D eigenvalue weighted by atomic mass is 9.89. The molecule has 25 heavy (non-hydrogen) atoms. The van der Waals surface area contributed by atoms with Crippen LogP contribution in [0.1, 0.15) is 37.8 Å². The molecule has 6 heteroatoms. The first-order valence-corrected chi connectivity index (χ1v) is 8.80. The average Bonchev–Trinajstić information content (AvgIpc) is 2.98. The molecule has 0 spiro atoms. The van der Waals surface area contributed by atoms with Crippen LogP contribution in [0.25, 0.3) is 17.0 Å². The minimum absolute atomic E-state index is 0.0340. The smallest absolute Gasteiger partial charge is 0.229 e. The molecule has 1 fully saturated rings. The molecule has 3 aromatic rings. The van der Waals surface area contributed by atoms with Gasteiger partial charge >= 0.3 is 0 Å². The monoisotopic (exact) mass is 335 g/mol. The summed E-state index contributed by atoms with van der Waals surface area (Å²) in [6, 6.07) is 7.73. The second-order valence-corrected chi connectivity index (χ2v) is 6.56. The third-order valence-electron chi connectivity index (χ3n) is 4.81. The Morgan fingerprint density at radius 2 is 2.00 bits per heavy atom. The summed E-state index contributed by atoms with van der Waals surface area (Å²) in [4.78, 5) is 25.8. The number of aromatic nitrogens is 4. The lowest BCUT2D eigenvalue weighted by molar-refractivity contribution is -0.120. The number of nitrogens with one attached hydrogen (secondary N) is 1. The van der Waals surface area contributed by atoms with Crippen molar-refractivity contribution in [2.45, 2.75) is 39.0 Å². The van der Waals surface area contributed by atoms with Crippen LogP contribution in [0.2, 0.25) is 0 Å². The van der Waals surface area contributed by atoms with Crippen LogP contribution in [-0.2, 0) is 4.79 Å². The van der Waals surface area contributed by atoms with E-state index in [1.807, 2.05) is 41.8 Å². The van der Waals surface area contributed by atoms with Crippen LogP contribution in [0.5, 0.6) is 0 Å². The third kappa shape index (κ3) is 3.12. The number of hydrogen-bond donors (Lipinski definition) is 1. The van der Waals surface area contributed by atoms with Gasteiger partial charge < -0.3 is 0 Å². The molecule has 0 aliphatic heterocycles. The Morgan fingerprint density at radius 1 is 1.16 bits per heavy atom. The molecule has 6 nitrogen and oxygen atoms in total. The van der Waals surface area contributed by atoms with Crippen molar-refractivity contribution in [3.8, 4) is 11.4 Å². The van der Waals surface area contributed by atoms with Crippen LogP contribution >= 0.6 is 0 Å². The molecule has 0 unspecified atom stereocenters. The van der Waals surface area contributed by atoms with Crippen LogP contribution in [0.4, 0.5) is 5.95 Å². The number of aryl methyl sites for hydroxylation is 1. The highest BCUT2D eigenvalue weighted by Gasteiger charge is 2.22. The first-order valence-electron chi connectivity index (χ1n) is 8.80. The molecule has 0 bridgehead atoms. The van der Waals surface area contributed by atoms with Crippen molar-refractivity contribution < 1.29 is 4.79 Å². The SMILES string of the molecule is Cc1nc2ccccn2c1-c1ccnc(NC(=O)C2CCCCC2)n1. The largest absolute Gasteiger partial charge is 0.298 e. The van der Waals surface area contributed by atoms with Crippen LogP contribution < -0.4 is 5.32 Å². The molecule has 128 valence electrons. The molecule has 0 radical (unpaired) electrons. The highest BCUT2D eigenvalue weighted by atomic mass is 16.2. The van der Waals surface area contributed by atoms with E-state index in [1.54, 1.807) is 6.20 Å². The number of hydrogen-bond acceptors (Lipinski definition) is 4. The normalized spacial score (nSPS) is 15.4. The van der Waals surface area contributed by atoms with Crippen LogP contribution in [0.15, 0.2) is 36.7 Å². The van der Waals surface area contributed by atoms with Crippen LogP contribution in [0, 0.1) is 12.8 Å². The molecule has 0 atom stereocenters. The maximum Gasteiger partial charge on any atom is 0.229 e. The van der Waals surface area contributed by atoms with Crippen molar-refractivity contribution in [3.05, 3.63) is 42.4 Å². The second kappa shape index (κ2) is 6.63. The van der Waals surface area contributed by atoms with Gasteiger partial charge in [0.05, 0.1) is 17.1 Å². The molecule has 3 heterocycles. The van der Waals surface area contributed by atoms with Gasteiger partial charge in [-0.1, -0.05) is 25.3 Å². The Labute approximate surface area is 146 Å². The molecule has 1 amide bonds. The lowest BCUT2D eigenvalue weighted by Crippen LogP contribution is -2.25. The third-order valence-corrected chi connectivity index (χ3v) is 4.81. The molecule has 1 N–H and O–H groups in total. The molecule has 4 rings (SSSR count). The van der Waals surface area contributed by atoms with E-state index in [-0.39, 0.29) is 11.8 Å². The maximum atomic E-state index is 12.4. The fourth-order valence-corrected chi connectivity index (χ4v) is 3.55. The van der Waals surface area contributed by atoms with E-state index in [2.05, 4.69) is 20.3 Å². The summed E-state index contributed by atoms with van der Waals surface area (Å²) in [6.45, 7) is 1.96. The number of nitrogens with zero attached hydrogens (tertiary/aromatic N) is 4. The minimum atomic E-state index is 0.0340. The highest BCUT2D eigenvalue weighted by molar-refractivity contribution is 5.91. The first-order chi connectivity index (χ1) is 12.2. The number of rotatable bonds is 3. The van der Waals surface area contributed by atoms with E-state index in [4.69, 9.17) is 0 Å². The minimum Gasteiger partial charge on any atom is -0.298 e. The number of imidazole rings is 1. The van der Waals surface area contributed by atoms with Crippen molar-refractivity contribution in [2.24, 2.45) is 5.92 Å². The Balaban J connectivity index is 1.63. The number of pyridine rings is 1. The van der Waals surface area contributed by atoms with E-state index < -0.39 is 0 Å². The van der Waals surface area contributed by atoms with Gasteiger partial charge in [-0.25, -0.2) is 15.0 Å². The lowest BCUT2D eigenvalue weighted by Gasteiger charge is -2.20. The van der Waals surface area contributed by atoms with Gasteiger partial charge in [0.25, 0.3) is 0 Å². The van der Waals surface area contributed by atoms with Gasteiger partial charge in [0.2, 0.25) is 11.9 Å². The predicted octanol–water partition coefficient (Wildman–Crippen LogP) is 3.62. The second-order valence-electron chi connectivity index (χ2n) is 6.56. The Morgan fingerprint density at radius 3 is 2.84 bits per heavy atom. The molecule has 1 saturated carbocycles. The molecular formula is C19H21N5O. The van der Waals surface area contributed by atoms with Crippen molar-refractivity contribution in [1.29, 1.82) is 0 Å². The molecule has 1 aliphatic rings. The average molecular weight is 335 g/mol. The Hall–Kier alpha value is -2.76. The summed E-state index contributed by atoms with van der Waals surface area (Å²) in [7, 11) is 0. The van der Waals surface area contributed by atoms with Gasteiger partial charge in [-0.05, 0) is 38.0 Å². The summed E-state index contributed by atoms with van der Waals surface area (Å²) in [5, 5.41) is 2.89. The fourth-order valence-electron chi connectivity index (χ4n) is 3.55. The summed E-state index contributed by atoms with van der Waals surface area (Å²) in [5.41, 5.74) is 3.45. The summed E-state index contributed by atoms with van der Waals surface area (Å²) >= 11 is 0. The van der Waals surface area contributed by atoms with Crippen LogP contribution in [0.3, 0.4) is 0 Å². The first kappa shape index (κ1) is 15.7. The fraction of sp³-hybridized carbons (Fsp3) is 0.368. The van der Waals surface area contributed by atoms with Crippen molar-refractivity contribution in [1.82, 2.24) is 19.4 Å². The zero-order valence-corrected chi connectivity index (χ0v) is 14.3. The van der Waals surface area contributed by atoms with E-state index in [0.717, 1.165) is 48.4 Å². The zero-order chi connectivity index (χ0) is 17.2. The number of carbonyl (C=O) groups excluding carboxylic acids is 1. The van der Waals surface area contributed by atoms with Crippen molar-refractivity contribution in [2.75, 3.05) is 5.32 Å². The van der Waals surface area contributed by atoms with E-state index in [9.17, 15) is 4.79 Å². The van der Waals surface area contributed by atoms with E-state index in [0.29, 0.717) is 5.95 Å². The molecular weight excluding hydrogens is 314 g/mol. The van der Waals surface area contributed by atoms with Gasteiger partial charge in [0.15, 0.2) is 0 Å². The van der Waals surface area contributed by atoms with Gasteiger partial charge in [-0.15, -0.1) is 0 Å². The maximum absolute atomic E-state index is 12.4. The summed E-state index contributed by atoms with van der Waals surface area (Å²) < 4.78 is 2.00. The topological polar surface area (TPSA) is 72.2 Å². The quantitative estimate of drug-likeness (QED) is 0.793. The Kier molecular flexibility index (Phi) is 4.17. The zero-order valence-electron chi connectivity index (χ0n) is 14.3. The highest BCUT2D eigenvalue weighted by Crippen LogP contribution is 2.26. The van der Waals surface area contributed by atoms with Gasteiger partial charge in [-0.3, -0.25) is 14.5 Å². The molecule has 1 aliphatic carbocycles. The molecule has 0 aromatic carbocycles. The number of amides is 1. The van der Waals surface area contributed by atoms with Crippen LogP contribution in [-0.4, -0.2) is 25.3 Å². The van der Waals surface area contributed by atoms with Gasteiger partial charge in [0.1, 0.15) is 5.65 Å². The van der Waals surface area contributed by atoms with Gasteiger partial charge in [0, 0.05) is 18.3 Å². The Bertz CT molecular complexity index is 911. The van der Waals surface area contributed by atoms with E-state index >= 15 is 0 Å². The standard InChI is InChI=1S/C19H21N5O/c1-13-17(24-12-6-5-9-16(24)21-13)15-10-11-20-19(22-15)23-18(25)14-7-3-2-4-8-14/h5-6,9-12,14H,2-4,7-8H2,1H3,(H,20,22,23,25).